The Balaban J connectivity index is 2.34. The molecule has 0 aromatic heterocycles. The molecule has 2 rings (SSSR count). The van der Waals surface area contributed by atoms with Crippen LogP contribution in [0.4, 0.5) is 11.4 Å². The highest BCUT2D eigenvalue weighted by Gasteiger charge is 2.30. The van der Waals surface area contributed by atoms with Crippen molar-refractivity contribution in [1.82, 2.24) is 4.72 Å². The van der Waals surface area contributed by atoms with Gasteiger partial charge in [-0.25, -0.2) is 8.42 Å². The summed E-state index contributed by atoms with van der Waals surface area (Å²) < 4.78 is 53.0. The fourth-order valence-corrected chi connectivity index (χ4v) is 4.79. The topological polar surface area (TPSA) is 95.6 Å². The van der Waals surface area contributed by atoms with E-state index in [0.29, 0.717) is 13.0 Å². The van der Waals surface area contributed by atoms with E-state index in [-0.39, 0.29) is 28.7 Å². The number of hydrogen-bond acceptors (Lipinski definition) is 4. The summed E-state index contributed by atoms with van der Waals surface area (Å²) in [6.45, 7) is 2.24. The SMILES string of the molecule is CCNS(=O)(=O)Nc1ccc(Cl)c(N2CCCS2(=O)=O)c1. The molecule has 2 N–H and O–H groups in total. The maximum absolute atomic E-state index is 11.9. The lowest BCUT2D eigenvalue weighted by Gasteiger charge is -2.19. The summed E-state index contributed by atoms with van der Waals surface area (Å²) in [5.41, 5.74) is 0.531. The minimum absolute atomic E-state index is 0.0661. The quantitative estimate of drug-likeness (QED) is 0.829. The van der Waals surface area contributed by atoms with Gasteiger partial charge in [0.05, 0.1) is 22.2 Å². The molecule has 1 aromatic rings. The molecule has 0 saturated carbocycles. The fraction of sp³-hybridized carbons (Fsp3) is 0.455. The van der Waals surface area contributed by atoms with E-state index in [2.05, 4.69) is 9.44 Å². The molecular formula is C11H16ClN3O4S2. The summed E-state index contributed by atoms with van der Waals surface area (Å²) in [7, 11) is -7.05. The molecule has 1 fully saturated rings. The van der Waals surface area contributed by atoms with Crippen LogP contribution >= 0.6 is 11.6 Å². The summed E-state index contributed by atoms with van der Waals surface area (Å²) in [6.07, 6.45) is 0.520. The number of benzene rings is 1. The van der Waals surface area contributed by atoms with Crippen molar-refractivity contribution >= 4 is 43.2 Å². The van der Waals surface area contributed by atoms with Gasteiger partial charge in [-0.1, -0.05) is 18.5 Å². The molecule has 0 unspecified atom stereocenters. The average Bonchev–Trinajstić information content (AvgIpc) is 2.71. The van der Waals surface area contributed by atoms with Crippen LogP contribution in [0.3, 0.4) is 0 Å². The minimum atomic E-state index is -3.68. The number of nitrogens with zero attached hydrogens (tertiary/aromatic N) is 1. The number of nitrogens with one attached hydrogen (secondary N) is 2. The first-order valence-corrected chi connectivity index (χ1v) is 9.79. The van der Waals surface area contributed by atoms with Crippen LogP contribution in [0.5, 0.6) is 0 Å². The van der Waals surface area contributed by atoms with Crippen molar-refractivity contribution in [2.75, 3.05) is 27.9 Å². The number of hydrogen-bond donors (Lipinski definition) is 2. The van der Waals surface area contributed by atoms with E-state index in [1.165, 1.54) is 22.5 Å². The molecule has 1 aliphatic rings. The zero-order chi connectivity index (χ0) is 15.7. The zero-order valence-corrected chi connectivity index (χ0v) is 13.7. The van der Waals surface area contributed by atoms with Crippen LogP contribution in [0.25, 0.3) is 0 Å². The fourth-order valence-electron chi connectivity index (χ4n) is 2.06. The van der Waals surface area contributed by atoms with E-state index in [9.17, 15) is 16.8 Å². The lowest BCUT2D eigenvalue weighted by atomic mass is 10.3. The number of rotatable bonds is 5. The zero-order valence-electron chi connectivity index (χ0n) is 11.3. The van der Waals surface area contributed by atoms with E-state index in [1.807, 2.05) is 0 Å². The maximum Gasteiger partial charge on any atom is 0.299 e. The van der Waals surface area contributed by atoms with Crippen LogP contribution in [0.15, 0.2) is 18.2 Å². The molecule has 7 nitrogen and oxygen atoms in total. The van der Waals surface area contributed by atoms with Crippen LogP contribution in [0.1, 0.15) is 13.3 Å². The maximum atomic E-state index is 11.9. The van der Waals surface area contributed by atoms with E-state index in [0.717, 1.165) is 0 Å². The van der Waals surface area contributed by atoms with Crippen molar-refractivity contribution in [2.24, 2.45) is 0 Å². The Bertz CT molecular complexity index is 734. The Hall–Kier alpha value is -1.03. The van der Waals surface area contributed by atoms with Crippen LogP contribution in [0.2, 0.25) is 5.02 Å². The minimum Gasteiger partial charge on any atom is -0.271 e. The van der Waals surface area contributed by atoms with Gasteiger partial charge in [-0.2, -0.15) is 13.1 Å². The molecule has 0 bridgehead atoms. The van der Waals surface area contributed by atoms with Gasteiger partial charge in [-0.05, 0) is 24.6 Å². The largest absolute Gasteiger partial charge is 0.299 e. The lowest BCUT2D eigenvalue weighted by molar-refractivity contribution is 0.589. The number of sulfonamides is 1. The van der Waals surface area contributed by atoms with Crippen LogP contribution in [0, 0.1) is 0 Å². The molecule has 1 aromatic carbocycles. The van der Waals surface area contributed by atoms with E-state index >= 15 is 0 Å². The molecule has 1 heterocycles. The van der Waals surface area contributed by atoms with Gasteiger partial charge in [-0.15, -0.1) is 0 Å². The first-order valence-electron chi connectivity index (χ1n) is 6.32. The molecule has 0 amide bonds. The summed E-state index contributed by atoms with van der Waals surface area (Å²) in [4.78, 5) is 0. The Morgan fingerprint density at radius 3 is 2.67 bits per heavy atom. The van der Waals surface area contributed by atoms with Gasteiger partial charge in [0.15, 0.2) is 0 Å². The predicted octanol–water partition coefficient (Wildman–Crippen LogP) is 1.15. The smallest absolute Gasteiger partial charge is 0.271 e. The molecule has 1 aliphatic heterocycles. The van der Waals surface area contributed by atoms with Crippen molar-refractivity contribution in [2.45, 2.75) is 13.3 Å². The van der Waals surface area contributed by atoms with E-state index in [1.54, 1.807) is 6.92 Å². The highest BCUT2D eigenvalue weighted by atomic mass is 35.5. The second-order valence-corrected chi connectivity index (χ2v) is 8.43. The molecule has 0 aliphatic carbocycles. The standard InChI is InChI=1S/C11H16ClN3O4S2/c1-2-13-21(18,19)14-9-4-5-10(12)11(8-9)15-6-3-7-20(15,16)17/h4-5,8,13-14H,2-3,6-7H2,1H3. The second-order valence-electron chi connectivity index (χ2n) is 4.51. The lowest BCUT2D eigenvalue weighted by Crippen LogP contribution is -2.30. The van der Waals surface area contributed by atoms with Crippen molar-refractivity contribution in [3.8, 4) is 0 Å². The Kier molecular flexibility index (Phi) is 4.66. The number of halogens is 1. The number of anilines is 2. The highest BCUT2D eigenvalue weighted by molar-refractivity contribution is 7.93. The van der Waals surface area contributed by atoms with Crippen LogP contribution in [-0.4, -0.2) is 35.7 Å². The summed E-state index contributed by atoms with van der Waals surface area (Å²) >= 11 is 6.04. The van der Waals surface area contributed by atoms with Crippen molar-refractivity contribution in [1.29, 1.82) is 0 Å². The highest BCUT2D eigenvalue weighted by Crippen LogP contribution is 2.33. The van der Waals surface area contributed by atoms with Crippen LogP contribution in [-0.2, 0) is 20.2 Å². The molecule has 10 heteroatoms. The first-order chi connectivity index (χ1) is 9.75. The molecule has 0 spiro atoms. The average molecular weight is 354 g/mol. The third-order valence-corrected chi connectivity index (χ3v) is 6.25. The van der Waals surface area contributed by atoms with E-state index in [4.69, 9.17) is 11.6 Å². The van der Waals surface area contributed by atoms with Crippen molar-refractivity contribution in [3.05, 3.63) is 23.2 Å². The molecule has 118 valence electrons. The second kappa shape index (κ2) is 5.99. The van der Waals surface area contributed by atoms with Crippen LogP contribution < -0.4 is 13.7 Å². The molecule has 0 radical (unpaired) electrons. The van der Waals surface area contributed by atoms with Gasteiger partial charge in [0, 0.05) is 13.1 Å². The van der Waals surface area contributed by atoms with E-state index < -0.39 is 20.2 Å². The van der Waals surface area contributed by atoms with Gasteiger partial charge < -0.3 is 0 Å². The summed E-state index contributed by atoms with van der Waals surface area (Å²) in [6, 6.07) is 4.36. The molecule has 21 heavy (non-hydrogen) atoms. The van der Waals surface area contributed by atoms with Gasteiger partial charge in [0.2, 0.25) is 10.0 Å². The monoisotopic (exact) mass is 353 g/mol. The molecule has 0 atom stereocenters. The Morgan fingerprint density at radius 2 is 2.10 bits per heavy atom. The third kappa shape index (κ3) is 3.79. The van der Waals surface area contributed by atoms with Gasteiger partial charge in [0.1, 0.15) is 0 Å². The van der Waals surface area contributed by atoms with Gasteiger partial charge in [-0.3, -0.25) is 9.03 Å². The van der Waals surface area contributed by atoms with Gasteiger partial charge >= 0.3 is 0 Å². The van der Waals surface area contributed by atoms with Crippen molar-refractivity contribution < 1.29 is 16.8 Å². The molecular weight excluding hydrogens is 338 g/mol. The summed E-state index contributed by atoms with van der Waals surface area (Å²) in [5.74, 6) is 0.0661. The Labute approximate surface area is 129 Å². The predicted molar refractivity (Wildman–Crippen MR) is 83.4 cm³/mol. The normalized spacial score (nSPS) is 17.9. The third-order valence-electron chi connectivity index (χ3n) is 2.90. The first kappa shape index (κ1) is 16.3. The molecule has 1 saturated heterocycles. The van der Waals surface area contributed by atoms with Crippen molar-refractivity contribution in [3.63, 3.8) is 0 Å². The summed E-state index contributed by atoms with van der Waals surface area (Å²) in [5, 5.41) is 0.256. The van der Waals surface area contributed by atoms with Gasteiger partial charge in [0.25, 0.3) is 10.2 Å². The Morgan fingerprint density at radius 1 is 1.38 bits per heavy atom.